The molecule has 12 nitrogen and oxygen atoms in total. The van der Waals surface area contributed by atoms with Gasteiger partial charge in [0.15, 0.2) is 6.10 Å². The van der Waals surface area contributed by atoms with Gasteiger partial charge in [0, 0.05) is 25.9 Å². The molecule has 2 aliphatic heterocycles. The minimum absolute atomic E-state index is 0.123. The molecule has 3 N–H and O–H groups in total. The van der Waals surface area contributed by atoms with Gasteiger partial charge in [-0.05, 0) is 18.6 Å². The minimum Gasteiger partial charge on any atom is -0.413 e. The summed E-state index contributed by atoms with van der Waals surface area (Å²) < 4.78 is 59.5. The minimum atomic E-state index is -4.33. The Balaban J connectivity index is 1.53. The van der Waals surface area contributed by atoms with Crippen LogP contribution in [0.4, 0.5) is 8.78 Å². The summed E-state index contributed by atoms with van der Waals surface area (Å²) in [6.07, 6.45) is -5.33. The van der Waals surface area contributed by atoms with Crippen LogP contribution in [0.15, 0.2) is 52.2 Å². The number of alkyl halides is 2. The van der Waals surface area contributed by atoms with E-state index in [1.54, 1.807) is 25.2 Å². The van der Waals surface area contributed by atoms with Gasteiger partial charge in [-0.3, -0.25) is 23.7 Å². The fourth-order valence-electron chi connectivity index (χ4n) is 3.73. The number of rotatable bonds is 8. The van der Waals surface area contributed by atoms with Crippen molar-refractivity contribution in [2.75, 3.05) is 20.2 Å². The standard InChI is InChI=1S/C20H23F2N4O8P/c1-25-9-7-13(17(25)29)24-35(31,34-12-5-3-2-4-6-12)32-11-14-16(28)20(21,22)18(33-14)26-10-8-15(27)23-19(26)30/h2-6,8,10,13-14,16,18,28H,7,9,11H2,1H3,(H,24,31)(H,23,27,30). The van der Waals surface area contributed by atoms with Gasteiger partial charge in [-0.25, -0.2) is 9.36 Å². The number of amides is 1. The molecule has 1 aromatic heterocycles. The number of hydrogen-bond donors (Lipinski definition) is 3. The maximum atomic E-state index is 14.8. The van der Waals surface area contributed by atoms with E-state index in [-0.39, 0.29) is 11.7 Å². The molecule has 1 aromatic carbocycles. The van der Waals surface area contributed by atoms with E-state index in [4.69, 9.17) is 13.8 Å². The van der Waals surface area contributed by atoms with Gasteiger partial charge in [0.2, 0.25) is 12.1 Å². The van der Waals surface area contributed by atoms with Crippen LogP contribution in [0.25, 0.3) is 0 Å². The normalized spacial score (nSPS) is 27.7. The molecule has 0 saturated carbocycles. The van der Waals surface area contributed by atoms with E-state index < -0.39 is 56.0 Å². The van der Waals surface area contributed by atoms with Gasteiger partial charge in [-0.2, -0.15) is 13.9 Å². The number of ether oxygens (including phenoxy) is 1. The topological polar surface area (TPSA) is 152 Å². The molecule has 1 amide bonds. The second-order valence-electron chi connectivity index (χ2n) is 8.09. The zero-order chi connectivity index (χ0) is 25.4. The Labute approximate surface area is 197 Å². The number of nitrogens with zero attached hydrogens (tertiary/aromatic N) is 2. The Kier molecular flexibility index (Phi) is 6.93. The number of benzene rings is 1. The average Bonchev–Trinajstić information content (AvgIpc) is 3.23. The molecule has 5 unspecified atom stereocenters. The number of aromatic nitrogens is 2. The lowest BCUT2D eigenvalue weighted by Crippen LogP contribution is -2.43. The van der Waals surface area contributed by atoms with Crippen LogP contribution < -0.4 is 20.9 Å². The number of halogens is 2. The quantitative estimate of drug-likeness (QED) is 0.425. The zero-order valence-electron chi connectivity index (χ0n) is 18.4. The fourth-order valence-corrected chi connectivity index (χ4v) is 5.28. The summed E-state index contributed by atoms with van der Waals surface area (Å²) in [6, 6.07) is 7.79. The maximum absolute atomic E-state index is 14.8. The Morgan fingerprint density at radius 1 is 1.26 bits per heavy atom. The van der Waals surface area contributed by atoms with E-state index >= 15 is 0 Å². The summed E-state index contributed by atoms with van der Waals surface area (Å²) in [5.74, 6) is -4.19. The molecule has 35 heavy (non-hydrogen) atoms. The van der Waals surface area contributed by atoms with Gasteiger partial charge in [-0.15, -0.1) is 0 Å². The van der Waals surface area contributed by atoms with E-state index in [1.807, 2.05) is 4.98 Å². The van der Waals surface area contributed by atoms with Crippen LogP contribution in [0, 0.1) is 0 Å². The number of para-hydroxylation sites is 1. The monoisotopic (exact) mass is 516 g/mol. The number of likely N-dealkylation sites (tertiary alicyclic amines) is 1. The van der Waals surface area contributed by atoms with Gasteiger partial charge in [0.1, 0.15) is 11.9 Å². The molecule has 0 bridgehead atoms. The van der Waals surface area contributed by atoms with Crippen molar-refractivity contribution in [3.05, 3.63) is 63.4 Å². The first-order chi connectivity index (χ1) is 16.5. The van der Waals surface area contributed by atoms with Gasteiger partial charge >= 0.3 is 19.4 Å². The molecule has 2 aliphatic rings. The van der Waals surface area contributed by atoms with Crippen molar-refractivity contribution < 1.29 is 37.0 Å². The first-order valence-electron chi connectivity index (χ1n) is 10.5. The molecule has 3 heterocycles. The lowest BCUT2D eigenvalue weighted by atomic mass is 10.1. The highest BCUT2D eigenvalue weighted by atomic mass is 31.2. The smallest absolute Gasteiger partial charge is 0.413 e. The van der Waals surface area contributed by atoms with Crippen LogP contribution in [-0.2, 0) is 18.6 Å². The maximum Gasteiger partial charge on any atom is 0.459 e. The van der Waals surface area contributed by atoms with Crippen molar-refractivity contribution in [2.24, 2.45) is 0 Å². The van der Waals surface area contributed by atoms with Crippen molar-refractivity contribution in [1.29, 1.82) is 0 Å². The fraction of sp³-hybridized carbons (Fsp3) is 0.450. The number of hydrogen-bond acceptors (Lipinski definition) is 8. The van der Waals surface area contributed by atoms with Crippen molar-refractivity contribution in [1.82, 2.24) is 19.5 Å². The van der Waals surface area contributed by atoms with Crippen LogP contribution in [0.2, 0.25) is 0 Å². The molecular weight excluding hydrogens is 493 g/mol. The highest BCUT2D eigenvalue weighted by molar-refractivity contribution is 7.52. The molecule has 5 atom stereocenters. The predicted molar refractivity (Wildman–Crippen MR) is 116 cm³/mol. The molecule has 2 aromatic rings. The number of aliphatic hydroxyl groups excluding tert-OH is 1. The number of aliphatic hydroxyl groups is 1. The number of aromatic amines is 1. The van der Waals surface area contributed by atoms with E-state index in [1.165, 1.54) is 17.0 Å². The third kappa shape index (κ3) is 5.21. The number of carbonyl (C=O) groups is 1. The third-order valence-electron chi connectivity index (χ3n) is 5.60. The van der Waals surface area contributed by atoms with Crippen LogP contribution in [0.1, 0.15) is 12.6 Å². The first kappa shape index (κ1) is 25.2. The number of carbonyl (C=O) groups excluding carboxylic acids is 1. The van der Waals surface area contributed by atoms with E-state index in [0.717, 1.165) is 12.3 Å². The van der Waals surface area contributed by atoms with Crippen molar-refractivity contribution in [3.63, 3.8) is 0 Å². The molecule has 15 heteroatoms. The summed E-state index contributed by atoms with van der Waals surface area (Å²) in [5.41, 5.74) is -1.97. The molecule has 0 spiro atoms. The largest absolute Gasteiger partial charge is 0.459 e. The van der Waals surface area contributed by atoms with Crippen molar-refractivity contribution >= 4 is 13.7 Å². The highest BCUT2D eigenvalue weighted by Crippen LogP contribution is 2.48. The predicted octanol–water partition coefficient (Wildman–Crippen LogP) is 0.454. The molecule has 0 aliphatic carbocycles. The second kappa shape index (κ2) is 9.63. The zero-order valence-corrected chi connectivity index (χ0v) is 19.3. The van der Waals surface area contributed by atoms with Crippen LogP contribution in [-0.4, -0.2) is 69.8 Å². The number of likely N-dealkylation sites (N-methyl/N-ethyl adjacent to an activating group) is 1. The van der Waals surface area contributed by atoms with Crippen LogP contribution in [0.3, 0.4) is 0 Å². The lowest BCUT2D eigenvalue weighted by molar-refractivity contribution is -0.141. The number of nitrogens with one attached hydrogen (secondary N) is 2. The van der Waals surface area contributed by atoms with Crippen LogP contribution in [0.5, 0.6) is 5.75 Å². The summed E-state index contributed by atoms with van der Waals surface area (Å²) in [5, 5.41) is 12.7. The Bertz CT molecular complexity index is 1240. The third-order valence-corrected chi connectivity index (χ3v) is 7.17. The van der Waals surface area contributed by atoms with Crippen molar-refractivity contribution in [2.45, 2.75) is 36.8 Å². The lowest BCUT2D eigenvalue weighted by Gasteiger charge is -2.24. The van der Waals surface area contributed by atoms with E-state index in [2.05, 4.69) is 5.09 Å². The molecule has 0 radical (unpaired) electrons. The number of H-pyrrole nitrogens is 1. The Morgan fingerprint density at radius 2 is 1.97 bits per heavy atom. The Hall–Kier alpha value is -2.90. The summed E-state index contributed by atoms with van der Waals surface area (Å²) in [4.78, 5) is 38.8. The van der Waals surface area contributed by atoms with Gasteiger partial charge < -0.3 is 19.3 Å². The molecule has 4 rings (SSSR count). The summed E-state index contributed by atoms with van der Waals surface area (Å²) >= 11 is 0. The van der Waals surface area contributed by atoms with Gasteiger partial charge in [-0.1, -0.05) is 18.2 Å². The SMILES string of the molecule is CN1CCC(NP(=O)(OCC2OC(n3ccc(=O)[nH]c3=O)C(F)(F)C2O)Oc2ccccc2)C1=O. The van der Waals surface area contributed by atoms with Crippen LogP contribution >= 0.6 is 7.75 Å². The molecule has 190 valence electrons. The second-order valence-corrected chi connectivity index (χ2v) is 9.79. The highest BCUT2D eigenvalue weighted by Gasteiger charge is 2.60. The summed E-state index contributed by atoms with van der Waals surface area (Å²) in [6.45, 7) is -0.437. The van der Waals surface area contributed by atoms with E-state index in [0.29, 0.717) is 17.5 Å². The van der Waals surface area contributed by atoms with Gasteiger partial charge in [0.25, 0.3) is 5.56 Å². The molecular formula is C20H23F2N4O8P. The Morgan fingerprint density at radius 3 is 2.60 bits per heavy atom. The van der Waals surface area contributed by atoms with Crippen molar-refractivity contribution in [3.8, 4) is 5.75 Å². The first-order valence-corrected chi connectivity index (χ1v) is 12.1. The molecule has 2 saturated heterocycles. The van der Waals surface area contributed by atoms with E-state index in [9.17, 15) is 32.8 Å². The summed E-state index contributed by atoms with van der Waals surface area (Å²) in [7, 11) is -2.77. The molecule has 2 fully saturated rings. The van der Waals surface area contributed by atoms with Gasteiger partial charge in [0.05, 0.1) is 12.6 Å². The average molecular weight is 516 g/mol.